The van der Waals surface area contributed by atoms with Crippen molar-refractivity contribution in [3.05, 3.63) is 64.7 Å². The summed E-state index contributed by atoms with van der Waals surface area (Å²) < 4.78 is 0. The van der Waals surface area contributed by atoms with E-state index >= 15 is 0 Å². The van der Waals surface area contributed by atoms with Gasteiger partial charge in [0.25, 0.3) is 5.91 Å². The molecule has 2 rings (SSSR count). The monoisotopic (exact) mass is 324 g/mol. The number of anilines is 1. The zero-order valence-electron chi connectivity index (χ0n) is 14.7. The number of nitrogens with one attached hydrogen (secondary N) is 1. The molecule has 4 heteroatoms. The Morgan fingerprint density at radius 3 is 2.33 bits per heavy atom. The Labute approximate surface area is 143 Å². The molecule has 0 saturated heterocycles. The molecular formula is C20H24N2O2. The van der Waals surface area contributed by atoms with Crippen molar-refractivity contribution in [3.8, 4) is 0 Å². The van der Waals surface area contributed by atoms with Crippen molar-refractivity contribution in [2.24, 2.45) is 0 Å². The average Bonchev–Trinajstić information content (AvgIpc) is 2.58. The van der Waals surface area contributed by atoms with Gasteiger partial charge in [-0.2, -0.15) is 0 Å². The number of benzene rings is 2. The molecule has 0 bridgehead atoms. The molecule has 0 saturated carbocycles. The number of carbonyl (C=O) groups excluding carboxylic acids is 2. The van der Waals surface area contributed by atoms with Gasteiger partial charge in [0.15, 0.2) is 0 Å². The Morgan fingerprint density at radius 1 is 1.04 bits per heavy atom. The Kier molecular flexibility index (Phi) is 5.74. The number of hydrogen-bond acceptors (Lipinski definition) is 2. The number of aryl methyl sites for hydroxylation is 2. The summed E-state index contributed by atoms with van der Waals surface area (Å²) in [5, 5.41) is 2.87. The first-order chi connectivity index (χ1) is 11.4. The second-order valence-electron chi connectivity index (χ2n) is 6.01. The van der Waals surface area contributed by atoms with Crippen molar-refractivity contribution in [2.45, 2.75) is 27.2 Å². The predicted molar refractivity (Wildman–Crippen MR) is 97.3 cm³/mol. The van der Waals surface area contributed by atoms with Gasteiger partial charge in [0.05, 0.1) is 6.54 Å². The number of likely N-dealkylation sites (N-methyl/N-ethyl adjacent to an activating group) is 1. The molecule has 0 aromatic heterocycles. The minimum Gasteiger partial charge on any atom is -0.332 e. The lowest BCUT2D eigenvalue weighted by atomic mass is 10.1. The molecule has 0 atom stereocenters. The highest BCUT2D eigenvalue weighted by Gasteiger charge is 2.15. The highest BCUT2D eigenvalue weighted by atomic mass is 16.2. The van der Waals surface area contributed by atoms with Crippen LogP contribution in [0.4, 0.5) is 5.69 Å². The number of amides is 2. The first-order valence-electron chi connectivity index (χ1n) is 8.12. The summed E-state index contributed by atoms with van der Waals surface area (Å²) in [4.78, 5) is 26.0. The fourth-order valence-corrected chi connectivity index (χ4v) is 2.47. The molecule has 126 valence electrons. The Hall–Kier alpha value is -2.62. The van der Waals surface area contributed by atoms with Gasteiger partial charge in [0, 0.05) is 18.3 Å². The summed E-state index contributed by atoms with van der Waals surface area (Å²) >= 11 is 0. The van der Waals surface area contributed by atoms with Crippen molar-refractivity contribution in [1.82, 2.24) is 4.90 Å². The number of hydrogen-bond donors (Lipinski definition) is 1. The maximum Gasteiger partial charge on any atom is 0.254 e. The standard InChI is InChI=1S/C20H24N2O2/c1-5-16-9-11-17(12-10-16)20(24)22(4)13-19(23)21-18-8-6-7-14(2)15(18)3/h6-12H,5,13H2,1-4H3,(H,21,23). The zero-order valence-corrected chi connectivity index (χ0v) is 14.7. The van der Waals surface area contributed by atoms with Crippen molar-refractivity contribution in [2.75, 3.05) is 18.9 Å². The highest BCUT2D eigenvalue weighted by Crippen LogP contribution is 2.18. The lowest BCUT2D eigenvalue weighted by molar-refractivity contribution is -0.116. The average molecular weight is 324 g/mol. The molecule has 0 aliphatic rings. The summed E-state index contributed by atoms with van der Waals surface area (Å²) in [6, 6.07) is 13.3. The molecule has 24 heavy (non-hydrogen) atoms. The molecule has 0 aliphatic heterocycles. The van der Waals surface area contributed by atoms with E-state index in [4.69, 9.17) is 0 Å². The number of nitrogens with zero attached hydrogens (tertiary/aromatic N) is 1. The van der Waals surface area contributed by atoms with Crippen LogP contribution in [0.5, 0.6) is 0 Å². The molecule has 0 radical (unpaired) electrons. The van der Waals surface area contributed by atoms with Crippen LogP contribution in [-0.2, 0) is 11.2 Å². The van der Waals surface area contributed by atoms with Crippen LogP contribution < -0.4 is 5.32 Å². The van der Waals surface area contributed by atoms with Gasteiger partial charge in [-0.3, -0.25) is 9.59 Å². The zero-order chi connectivity index (χ0) is 17.7. The number of carbonyl (C=O) groups is 2. The van der Waals surface area contributed by atoms with E-state index in [-0.39, 0.29) is 18.4 Å². The molecule has 2 aromatic rings. The predicted octanol–water partition coefficient (Wildman–Crippen LogP) is 3.58. The van der Waals surface area contributed by atoms with Gasteiger partial charge in [-0.25, -0.2) is 0 Å². The molecule has 2 aromatic carbocycles. The van der Waals surface area contributed by atoms with E-state index in [1.165, 1.54) is 10.5 Å². The summed E-state index contributed by atoms with van der Waals surface area (Å²) in [6.45, 7) is 6.05. The second kappa shape index (κ2) is 7.77. The maximum absolute atomic E-state index is 12.4. The molecule has 4 nitrogen and oxygen atoms in total. The van der Waals surface area contributed by atoms with Crippen molar-refractivity contribution >= 4 is 17.5 Å². The Morgan fingerprint density at radius 2 is 1.71 bits per heavy atom. The van der Waals surface area contributed by atoms with Gasteiger partial charge in [-0.15, -0.1) is 0 Å². The van der Waals surface area contributed by atoms with Gasteiger partial charge in [-0.05, 0) is 55.2 Å². The molecule has 0 fully saturated rings. The molecule has 0 spiro atoms. The molecule has 2 amide bonds. The van der Waals surface area contributed by atoms with Gasteiger partial charge < -0.3 is 10.2 Å². The normalized spacial score (nSPS) is 10.3. The van der Waals surface area contributed by atoms with E-state index in [1.54, 1.807) is 19.2 Å². The fourth-order valence-electron chi connectivity index (χ4n) is 2.47. The molecular weight excluding hydrogens is 300 g/mol. The van der Waals surface area contributed by atoms with E-state index in [2.05, 4.69) is 12.2 Å². The van der Waals surface area contributed by atoms with Gasteiger partial charge >= 0.3 is 0 Å². The first-order valence-corrected chi connectivity index (χ1v) is 8.12. The van der Waals surface area contributed by atoms with Gasteiger partial charge in [0.2, 0.25) is 5.91 Å². The van der Waals surface area contributed by atoms with Gasteiger partial charge in [-0.1, -0.05) is 31.2 Å². The largest absolute Gasteiger partial charge is 0.332 e. The lowest BCUT2D eigenvalue weighted by Crippen LogP contribution is -2.35. The summed E-state index contributed by atoms with van der Waals surface area (Å²) in [5.41, 5.74) is 4.72. The van der Waals surface area contributed by atoms with E-state index in [0.29, 0.717) is 5.56 Å². The highest BCUT2D eigenvalue weighted by molar-refractivity contribution is 5.99. The van der Waals surface area contributed by atoms with Crippen LogP contribution in [0.25, 0.3) is 0 Å². The Balaban J connectivity index is 1.99. The van der Waals surface area contributed by atoms with Crippen LogP contribution >= 0.6 is 0 Å². The smallest absolute Gasteiger partial charge is 0.254 e. The quantitative estimate of drug-likeness (QED) is 0.914. The summed E-state index contributed by atoms with van der Waals surface area (Å²) in [6.07, 6.45) is 0.933. The third-order valence-corrected chi connectivity index (χ3v) is 4.22. The first kappa shape index (κ1) is 17.7. The molecule has 0 aliphatic carbocycles. The topological polar surface area (TPSA) is 49.4 Å². The van der Waals surface area contributed by atoms with Crippen LogP contribution in [0.2, 0.25) is 0 Å². The minimum absolute atomic E-state index is 0.0156. The molecule has 1 N–H and O–H groups in total. The third kappa shape index (κ3) is 4.22. The van der Waals surface area contributed by atoms with E-state index in [9.17, 15) is 9.59 Å². The van der Waals surface area contributed by atoms with Crippen molar-refractivity contribution < 1.29 is 9.59 Å². The SMILES string of the molecule is CCc1ccc(C(=O)N(C)CC(=O)Nc2cccc(C)c2C)cc1. The molecule has 0 unspecified atom stereocenters. The third-order valence-electron chi connectivity index (χ3n) is 4.22. The van der Waals surface area contributed by atoms with E-state index in [0.717, 1.165) is 23.2 Å². The van der Waals surface area contributed by atoms with Gasteiger partial charge in [0.1, 0.15) is 0 Å². The van der Waals surface area contributed by atoms with Crippen LogP contribution in [0.15, 0.2) is 42.5 Å². The lowest BCUT2D eigenvalue weighted by Gasteiger charge is -2.18. The fraction of sp³-hybridized carbons (Fsp3) is 0.300. The minimum atomic E-state index is -0.204. The second-order valence-corrected chi connectivity index (χ2v) is 6.01. The van der Waals surface area contributed by atoms with Crippen molar-refractivity contribution in [3.63, 3.8) is 0 Å². The van der Waals surface area contributed by atoms with Crippen LogP contribution in [0, 0.1) is 13.8 Å². The van der Waals surface area contributed by atoms with Crippen LogP contribution in [0.1, 0.15) is 34.0 Å². The van der Waals surface area contributed by atoms with Crippen LogP contribution in [-0.4, -0.2) is 30.3 Å². The molecule has 0 heterocycles. The Bertz CT molecular complexity index is 736. The van der Waals surface area contributed by atoms with E-state index < -0.39 is 0 Å². The summed E-state index contributed by atoms with van der Waals surface area (Å²) in [7, 11) is 1.64. The van der Waals surface area contributed by atoms with Crippen LogP contribution in [0.3, 0.4) is 0 Å². The number of rotatable bonds is 5. The summed E-state index contributed by atoms with van der Waals surface area (Å²) in [5.74, 6) is -0.363. The maximum atomic E-state index is 12.4. The van der Waals surface area contributed by atoms with E-state index in [1.807, 2.05) is 44.2 Å². The van der Waals surface area contributed by atoms with Crippen molar-refractivity contribution in [1.29, 1.82) is 0 Å².